The van der Waals surface area contributed by atoms with Crippen molar-refractivity contribution >= 4 is 28.5 Å². The first-order chi connectivity index (χ1) is 12.4. The van der Waals surface area contributed by atoms with E-state index in [4.69, 9.17) is 4.74 Å². The van der Waals surface area contributed by atoms with Crippen molar-refractivity contribution in [3.8, 4) is 0 Å². The maximum atomic E-state index is 13.6. The Bertz CT molecular complexity index is 1000. The maximum Gasteiger partial charge on any atom is 0.341 e. The summed E-state index contributed by atoms with van der Waals surface area (Å²) in [4.78, 5) is 27.2. The van der Waals surface area contributed by atoms with Crippen LogP contribution in [0.15, 0.2) is 42.6 Å². The van der Waals surface area contributed by atoms with Crippen LogP contribution in [0.4, 0.5) is 18.9 Å². The number of benzene rings is 2. The molecule has 5 nitrogen and oxygen atoms in total. The molecule has 1 heterocycles. The SMILES string of the molecule is C[C@@H](OC(=O)c1c[nH]c2ccccc12)C(=O)Nc1ccc(F)c(F)c1F. The molecule has 3 aromatic rings. The Kier molecular flexibility index (Phi) is 4.66. The van der Waals surface area contributed by atoms with Crippen molar-refractivity contribution in [3.05, 3.63) is 65.6 Å². The van der Waals surface area contributed by atoms with E-state index in [0.717, 1.165) is 11.6 Å². The van der Waals surface area contributed by atoms with Crippen molar-refractivity contribution in [2.45, 2.75) is 13.0 Å². The molecule has 0 saturated carbocycles. The molecule has 26 heavy (non-hydrogen) atoms. The minimum atomic E-state index is -1.70. The third kappa shape index (κ3) is 3.26. The van der Waals surface area contributed by atoms with Gasteiger partial charge in [-0.05, 0) is 25.1 Å². The van der Waals surface area contributed by atoms with E-state index in [9.17, 15) is 22.8 Å². The number of hydrogen-bond donors (Lipinski definition) is 2. The van der Waals surface area contributed by atoms with Gasteiger partial charge in [-0.1, -0.05) is 18.2 Å². The van der Waals surface area contributed by atoms with E-state index in [1.54, 1.807) is 24.3 Å². The van der Waals surface area contributed by atoms with Crippen LogP contribution >= 0.6 is 0 Å². The molecule has 8 heteroatoms. The predicted molar refractivity (Wildman–Crippen MR) is 88.1 cm³/mol. The highest BCUT2D eigenvalue weighted by atomic mass is 19.2. The summed E-state index contributed by atoms with van der Waals surface area (Å²) in [5, 5.41) is 2.68. The van der Waals surface area contributed by atoms with Crippen molar-refractivity contribution in [1.82, 2.24) is 4.98 Å². The lowest BCUT2D eigenvalue weighted by Gasteiger charge is -2.14. The van der Waals surface area contributed by atoms with Gasteiger partial charge in [-0.2, -0.15) is 0 Å². The fraction of sp³-hybridized carbons (Fsp3) is 0.111. The van der Waals surface area contributed by atoms with Gasteiger partial charge >= 0.3 is 5.97 Å². The van der Waals surface area contributed by atoms with Gasteiger partial charge in [-0.25, -0.2) is 18.0 Å². The Labute approximate surface area is 145 Å². The summed E-state index contributed by atoms with van der Waals surface area (Å²) >= 11 is 0. The summed E-state index contributed by atoms with van der Waals surface area (Å²) in [7, 11) is 0. The summed E-state index contributed by atoms with van der Waals surface area (Å²) in [6, 6.07) is 8.57. The van der Waals surface area contributed by atoms with Crippen LogP contribution in [0.3, 0.4) is 0 Å². The molecule has 0 aliphatic rings. The first kappa shape index (κ1) is 17.5. The minimum absolute atomic E-state index is 0.235. The molecule has 0 aliphatic carbocycles. The summed E-state index contributed by atoms with van der Waals surface area (Å²) < 4.78 is 44.8. The van der Waals surface area contributed by atoms with Gasteiger partial charge in [-0.15, -0.1) is 0 Å². The van der Waals surface area contributed by atoms with E-state index >= 15 is 0 Å². The predicted octanol–water partition coefficient (Wildman–Crippen LogP) is 3.77. The highest BCUT2D eigenvalue weighted by Gasteiger charge is 2.23. The summed E-state index contributed by atoms with van der Waals surface area (Å²) in [6.45, 7) is 1.28. The molecule has 3 rings (SSSR count). The number of ether oxygens (including phenoxy) is 1. The van der Waals surface area contributed by atoms with Crippen LogP contribution in [0.1, 0.15) is 17.3 Å². The van der Waals surface area contributed by atoms with E-state index in [0.29, 0.717) is 11.5 Å². The summed E-state index contributed by atoms with van der Waals surface area (Å²) in [6.07, 6.45) is 0.163. The molecule has 0 unspecified atom stereocenters. The number of para-hydroxylation sites is 1. The standard InChI is InChI=1S/C18H13F3N2O3/c1-9(17(24)23-14-7-6-12(19)15(20)16(14)21)26-18(25)11-8-22-13-5-3-2-4-10(11)13/h2-9,22H,1H3,(H,23,24)/t9-/m1/s1. The first-order valence-electron chi connectivity index (χ1n) is 7.60. The van der Waals surface area contributed by atoms with Crippen LogP contribution in [0, 0.1) is 17.5 Å². The Morgan fingerprint density at radius 3 is 2.58 bits per heavy atom. The van der Waals surface area contributed by atoms with Crippen LogP contribution in [0.5, 0.6) is 0 Å². The van der Waals surface area contributed by atoms with Gasteiger partial charge in [0.05, 0.1) is 11.3 Å². The van der Waals surface area contributed by atoms with Gasteiger partial charge in [0, 0.05) is 17.1 Å². The number of carbonyl (C=O) groups is 2. The lowest BCUT2D eigenvalue weighted by atomic mass is 10.2. The van der Waals surface area contributed by atoms with Gasteiger partial charge in [0.15, 0.2) is 23.6 Å². The number of nitrogens with one attached hydrogen (secondary N) is 2. The first-order valence-corrected chi connectivity index (χ1v) is 7.60. The number of aromatic nitrogens is 1. The molecular formula is C18H13F3N2O3. The highest BCUT2D eigenvalue weighted by molar-refractivity contribution is 6.05. The van der Waals surface area contributed by atoms with E-state index in [2.05, 4.69) is 10.3 Å². The normalized spacial score (nSPS) is 12.0. The molecule has 2 N–H and O–H groups in total. The number of halogens is 3. The Hall–Kier alpha value is -3.29. The van der Waals surface area contributed by atoms with Crippen molar-refractivity contribution in [2.75, 3.05) is 5.32 Å². The quantitative estimate of drug-likeness (QED) is 0.548. The number of rotatable bonds is 4. The van der Waals surface area contributed by atoms with E-state index in [-0.39, 0.29) is 5.56 Å². The monoisotopic (exact) mass is 362 g/mol. The molecule has 1 atom stereocenters. The van der Waals surface area contributed by atoms with Crippen molar-refractivity contribution < 1.29 is 27.5 Å². The van der Waals surface area contributed by atoms with E-state index in [1.165, 1.54) is 13.1 Å². The van der Waals surface area contributed by atoms with Crippen molar-refractivity contribution in [2.24, 2.45) is 0 Å². The Morgan fingerprint density at radius 2 is 1.81 bits per heavy atom. The third-order valence-corrected chi connectivity index (χ3v) is 3.76. The number of esters is 1. The van der Waals surface area contributed by atoms with E-state index < -0.39 is 41.1 Å². The van der Waals surface area contributed by atoms with Gasteiger partial charge in [0.2, 0.25) is 0 Å². The number of carbonyl (C=O) groups excluding carboxylic acids is 2. The van der Waals surface area contributed by atoms with Gasteiger partial charge in [0.1, 0.15) is 0 Å². The van der Waals surface area contributed by atoms with Gasteiger partial charge < -0.3 is 15.0 Å². The average molecular weight is 362 g/mol. The lowest BCUT2D eigenvalue weighted by molar-refractivity contribution is -0.123. The molecule has 0 radical (unpaired) electrons. The van der Waals surface area contributed by atoms with Crippen molar-refractivity contribution in [1.29, 1.82) is 0 Å². The third-order valence-electron chi connectivity index (χ3n) is 3.76. The largest absolute Gasteiger partial charge is 0.449 e. The number of fused-ring (bicyclic) bond motifs is 1. The molecule has 0 saturated heterocycles. The Balaban J connectivity index is 1.71. The number of amides is 1. The van der Waals surface area contributed by atoms with Crippen LogP contribution in [-0.2, 0) is 9.53 Å². The molecule has 0 spiro atoms. The van der Waals surface area contributed by atoms with Gasteiger partial charge in [0.25, 0.3) is 5.91 Å². The number of hydrogen-bond acceptors (Lipinski definition) is 3. The molecule has 1 aromatic heterocycles. The lowest BCUT2D eigenvalue weighted by Crippen LogP contribution is -2.30. The van der Waals surface area contributed by atoms with Crippen LogP contribution < -0.4 is 5.32 Å². The molecule has 2 aromatic carbocycles. The zero-order valence-corrected chi connectivity index (χ0v) is 13.5. The molecule has 0 fully saturated rings. The summed E-state index contributed by atoms with van der Waals surface area (Å²) in [5.41, 5.74) is 0.406. The zero-order valence-electron chi connectivity index (χ0n) is 13.5. The second-order valence-corrected chi connectivity index (χ2v) is 5.51. The minimum Gasteiger partial charge on any atom is -0.449 e. The maximum absolute atomic E-state index is 13.6. The number of aromatic amines is 1. The second-order valence-electron chi connectivity index (χ2n) is 5.51. The zero-order chi connectivity index (χ0) is 18.8. The van der Waals surface area contributed by atoms with Crippen LogP contribution in [0.2, 0.25) is 0 Å². The van der Waals surface area contributed by atoms with Crippen molar-refractivity contribution in [3.63, 3.8) is 0 Å². The number of anilines is 1. The molecular weight excluding hydrogens is 349 g/mol. The average Bonchev–Trinajstić information content (AvgIpc) is 3.06. The van der Waals surface area contributed by atoms with Gasteiger partial charge in [-0.3, -0.25) is 4.79 Å². The second kappa shape index (κ2) is 6.91. The number of H-pyrrole nitrogens is 1. The smallest absolute Gasteiger partial charge is 0.341 e. The molecule has 0 bridgehead atoms. The molecule has 0 aliphatic heterocycles. The summed E-state index contributed by atoms with van der Waals surface area (Å²) in [5.74, 6) is -6.25. The topological polar surface area (TPSA) is 71.2 Å². The molecule has 1 amide bonds. The Morgan fingerprint density at radius 1 is 1.08 bits per heavy atom. The fourth-order valence-electron chi connectivity index (χ4n) is 2.37. The van der Waals surface area contributed by atoms with E-state index in [1.807, 2.05) is 0 Å². The molecule has 134 valence electrons. The highest BCUT2D eigenvalue weighted by Crippen LogP contribution is 2.21. The fourth-order valence-corrected chi connectivity index (χ4v) is 2.37. The van der Waals surface area contributed by atoms with Crippen LogP contribution in [-0.4, -0.2) is 23.0 Å². The van der Waals surface area contributed by atoms with Crippen LogP contribution in [0.25, 0.3) is 10.9 Å².